The zero-order chi connectivity index (χ0) is 13.1. The van der Waals surface area contributed by atoms with Crippen LogP contribution in [0.15, 0.2) is 42.5 Å². The van der Waals surface area contributed by atoms with Gasteiger partial charge in [0.2, 0.25) is 0 Å². The van der Waals surface area contributed by atoms with Crippen molar-refractivity contribution < 1.29 is 14.6 Å². The van der Waals surface area contributed by atoms with Crippen LogP contribution in [0.4, 0.5) is 5.69 Å². The fourth-order valence-corrected chi connectivity index (χ4v) is 1.92. The number of carboxylic acid groups (broad SMARTS) is 1. The van der Waals surface area contributed by atoms with Gasteiger partial charge in [0.1, 0.15) is 11.5 Å². The lowest BCUT2D eigenvalue weighted by atomic mass is 10.2. The highest BCUT2D eigenvalue weighted by molar-refractivity contribution is 14.1. The first-order chi connectivity index (χ1) is 8.58. The molecule has 2 rings (SSSR count). The Labute approximate surface area is 118 Å². The minimum atomic E-state index is -1.01. The van der Waals surface area contributed by atoms with E-state index in [2.05, 4.69) is 22.6 Å². The number of carboxylic acids is 1. The first-order valence-corrected chi connectivity index (χ1v) is 6.21. The summed E-state index contributed by atoms with van der Waals surface area (Å²) in [5.74, 6) is 0.125. The normalized spacial score (nSPS) is 10.1. The van der Waals surface area contributed by atoms with Crippen LogP contribution in [-0.2, 0) is 0 Å². The number of ether oxygens (including phenoxy) is 1. The molecule has 0 aliphatic heterocycles. The lowest BCUT2D eigenvalue weighted by Crippen LogP contribution is -1.99. The molecule has 2 aromatic rings. The molecule has 0 bridgehead atoms. The lowest BCUT2D eigenvalue weighted by molar-refractivity contribution is 0.0697. The lowest BCUT2D eigenvalue weighted by Gasteiger charge is -2.10. The van der Waals surface area contributed by atoms with E-state index in [1.165, 1.54) is 12.1 Å². The minimum absolute atomic E-state index is 0.141. The van der Waals surface area contributed by atoms with E-state index in [-0.39, 0.29) is 5.56 Å². The predicted molar refractivity (Wildman–Crippen MR) is 77.0 cm³/mol. The van der Waals surface area contributed by atoms with E-state index >= 15 is 0 Å². The molecular weight excluding hydrogens is 345 g/mol. The van der Waals surface area contributed by atoms with Gasteiger partial charge in [0, 0.05) is 0 Å². The van der Waals surface area contributed by atoms with Gasteiger partial charge in [-0.25, -0.2) is 4.79 Å². The van der Waals surface area contributed by atoms with Gasteiger partial charge in [-0.05, 0) is 52.9 Å². The van der Waals surface area contributed by atoms with Crippen molar-refractivity contribution in [2.45, 2.75) is 0 Å². The van der Waals surface area contributed by atoms with Crippen LogP contribution >= 0.6 is 22.6 Å². The van der Waals surface area contributed by atoms with Crippen LogP contribution in [-0.4, -0.2) is 11.1 Å². The van der Waals surface area contributed by atoms with Crippen molar-refractivity contribution in [3.8, 4) is 11.5 Å². The first-order valence-electron chi connectivity index (χ1n) is 5.13. The molecule has 0 fully saturated rings. The molecule has 0 aromatic heterocycles. The molecule has 0 heterocycles. The van der Waals surface area contributed by atoms with Crippen molar-refractivity contribution in [1.29, 1.82) is 0 Å². The molecule has 0 saturated carbocycles. The van der Waals surface area contributed by atoms with Crippen molar-refractivity contribution in [3.63, 3.8) is 0 Å². The zero-order valence-electron chi connectivity index (χ0n) is 9.26. The van der Waals surface area contributed by atoms with Crippen molar-refractivity contribution in [3.05, 3.63) is 51.6 Å². The third kappa shape index (κ3) is 2.73. The summed E-state index contributed by atoms with van der Waals surface area (Å²) < 4.78 is 6.60. The van der Waals surface area contributed by atoms with Crippen molar-refractivity contribution >= 4 is 34.2 Å². The molecule has 0 amide bonds. The Morgan fingerprint density at radius 1 is 1.17 bits per heavy atom. The van der Waals surface area contributed by atoms with Gasteiger partial charge in [-0.2, -0.15) is 0 Å². The van der Waals surface area contributed by atoms with Crippen LogP contribution < -0.4 is 10.5 Å². The number of hydrogen-bond donors (Lipinski definition) is 2. The predicted octanol–water partition coefficient (Wildman–Crippen LogP) is 3.36. The Bertz CT molecular complexity index is 599. The molecule has 0 spiro atoms. The molecule has 0 unspecified atom stereocenters. The fraction of sp³-hybridized carbons (Fsp3) is 0. The van der Waals surface area contributed by atoms with E-state index in [0.717, 1.165) is 3.57 Å². The third-order valence-corrected chi connectivity index (χ3v) is 3.20. The Balaban J connectivity index is 2.30. The van der Waals surface area contributed by atoms with E-state index < -0.39 is 5.97 Å². The van der Waals surface area contributed by atoms with Crippen LogP contribution in [0.2, 0.25) is 0 Å². The smallest absolute Gasteiger partial charge is 0.335 e. The summed E-state index contributed by atoms with van der Waals surface area (Å²) in [6.45, 7) is 0. The average molecular weight is 355 g/mol. The summed E-state index contributed by atoms with van der Waals surface area (Å²) in [7, 11) is 0. The highest BCUT2D eigenvalue weighted by Gasteiger charge is 2.09. The van der Waals surface area contributed by atoms with E-state index in [1.807, 2.05) is 24.3 Å². The molecular formula is C13H10INO3. The van der Waals surface area contributed by atoms with Crippen molar-refractivity contribution in [1.82, 2.24) is 0 Å². The maximum absolute atomic E-state index is 10.8. The van der Waals surface area contributed by atoms with Gasteiger partial charge in [-0.15, -0.1) is 0 Å². The number of nitrogen functional groups attached to an aromatic ring is 1. The molecule has 0 radical (unpaired) electrons. The number of halogens is 1. The number of anilines is 1. The second kappa shape index (κ2) is 5.26. The topological polar surface area (TPSA) is 72.6 Å². The third-order valence-electron chi connectivity index (χ3n) is 2.31. The maximum Gasteiger partial charge on any atom is 0.335 e. The summed E-state index contributed by atoms with van der Waals surface area (Å²) >= 11 is 2.16. The Hall–Kier alpha value is -1.76. The van der Waals surface area contributed by atoms with Crippen LogP contribution in [0.1, 0.15) is 10.4 Å². The molecule has 18 heavy (non-hydrogen) atoms. The van der Waals surface area contributed by atoms with Crippen LogP contribution in [0, 0.1) is 3.57 Å². The van der Waals surface area contributed by atoms with Gasteiger partial charge in [0.15, 0.2) is 0 Å². The molecule has 0 atom stereocenters. The summed E-state index contributed by atoms with van der Waals surface area (Å²) in [6.07, 6.45) is 0. The Morgan fingerprint density at radius 3 is 2.50 bits per heavy atom. The van der Waals surface area contributed by atoms with E-state index in [9.17, 15) is 4.79 Å². The molecule has 4 nitrogen and oxygen atoms in total. The van der Waals surface area contributed by atoms with Crippen molar-refractivity contribution in [2.24, 2.45) is 0 Å². The van der Waals surface area contributed by atoms with Gasteiger partial charge in [-0.1, -0.05) is 12.1 Å². The highest BCUT2D eigenvalue weighted by Crippen LogP contribution is 2.30. The van der Waals surface area contributed by atoms with Gasteiger partial charge in [-0.3, -0.25) is 0 Å². The molecule has 0 saturated heterocycles. The van der Waals surface area contributed by atoms with Gasteiger partial charge in [0.25, 0.3) is 0 Å². The monoisotopic (exact) mass is 355 g/mol. The molecule has 3 N–H and O–H groups in total. The fourth-order valence-electron chi connectivity index (χ4n) is 1.42. The standard InChI is InChI=1S/C13H10INO3/c14-9-3-1-2-4-11(9)18-12-6-5-8(13(16)17)7-10(12)15/h1-7H,15H2,(H,16,17). The van der Waals surface area contributed by atoms with Crippen LogP contribution in [0.3, 0.4) is 0 Å². The summed E-state index contributed by atoms with van der Waals surface area (Å²) in [4.78, 5) is 10.8. The number of carbonyl (C=O) groups is 1. The second-order valence-electron chi connectivity index (χ2n) is 3.59. The van der Waals surface area contributed by atoms with Gasteiger partial charge in [0.05, 0.1) is 14.8 Å². The molecule has 2 aromatic carbocycles. The van der Waals surface area contributed by atoms with Crippen LogP contribution in [0.25, 0.3) is 0 Å². The number of aromatic carboxylic acids is 1. The quantitative estimate of drug-likeness (QED) is 0.654. The average Bonchev–Trinajstić information content (AvgIpc) is 2.34. The molecule has 0 aliphatic rings. The number of nitrogens with two attached hydrogens (primary N) is 1. The number of benzene rings is 2. The maximum atomic E-state index is 10.8. The number of para-hydroxylation sites is 1. The Morgan fingerprint density at radius 2 is 1.89 bits per heavy atom. The Kier molecular flexibility index (Phi) is 3.71. The molecule has 5 heteroatoms. The highest BCUT2D eigenvalue weighted by atomic mass is 127. The molecule has 92 valence electrons. The number of rotatable bonds is 3. The van der Waals surface area contributed by atoms with E-state index in [0.29, 0.717) is 17.2 Å². The summed E-state index contributed by atoms with van der Waals surface area (Å²) in [6, 6.07) is 11.9. The minimum Gasteiger partial charge on any atom is -0.478 e. The molecule has 0 aliphatic carbocycles. The van der Waals surface area contributed by atoms with Crippen molar-refractivity contribution in [2.75, 3.05) is 5.73 Å². The first kappa shape index (κ1) is 12.7. The van der Waals surface area contributed by atoms with E-state index in [4.69, 9.17) is 15.6 Å². The summed E-state index contributed by atoms with van der Waals surface area (Å²) in [5.41, 5.74) is 6.21. The second-order valence-corrected chi connectivity index (χ2v) is 4.75. The van der Waals surface area contributed by atoms with Gasteiger partial charge >= 0.3 is 5.97 Å². The summed E-state index contributed by atoms with van der Waals surface area (Å²) in [5, 5.41) is 8.84. The zero-order valence-corrected chi connectivity index (χ0v) is 11.4. The number of hydrogen-bond acceptors (Lipinski definition) is 3. The van der Waals surface area contributed by atoms with Gasteiger partial charge < -0.3 is 15.6 Å². The van der Waals surface area contributed by atoms with Crippen LogP contribution in [0.5, 0.6) is 11.5 Å². The van der Waals surface area contributed by atoms with E-state index in [1.54, 1.807) is 6.07 Å². The largest absolute Gasteiger partial charge is 0.478 e. The SMILES string of the molecule is Nc1cc(C(=O)O)ccc1Oc1ccccc1I.